The zero-order chi connectivity index (χ0) is 15.1. The van der Waals surface area contributed by atoms with Gasteiger partial charge < -0.3 is 9.47 Å². The standard InChI is InChI=1S/C13H14N2O5/c1-9(16)15(10-7-5-4-6-8-10)14-11(12(17)19-2)13(18)20-3/h4-8H,1-3H3. The molecule has 0 heterocycles. The normalized spacial score (nSPS) is 9.35. The number of hydrogen-bond donors (Lipinski definition) is 0. The molecule has 0 N–H and O–H groups in total. The Morgan fingerprint density at radius 1 is 1.00 bits per heavy atom. The van der Waals surface area contributed by atoms with Gasteiger partial charge in [-0.2, -0.15) is 5.01 Å². The van der Waals surface area contributed by atoms with Crippen LogP contribution in [0.5, 0.6) is 0 Å². The van der Waals surface area contributed by atoms with E-state index < -0.39 is 23.6 Å². The van der Waals surface area contributed by atoms with E-state index in [0.29, 0.717) is 5.69 Å². The minimum absolute atomic E-state index is 0.408. The first-order valence-corrected chi connectivity index (χ1v) is 5.62. The third-order valence-corrected chi connectivity index (χ3v) is 2.26. The van der Waals surface area contributed by atoms with Gasteiger partial charge in [0.05, 0.1) is 19.9 Å². The number of benzene rings is 1. The van der Waals surface area contributed by atoms with Gasteiger partial charge in [0.1, 0.15) is 0 Å². The summed E-state index contributed by atoms with van der Waals surface area (Å²) >= 11 is 0. The van der Waals surface area contributed by atoms with E-state index in [0.717, 1.165) is 19.2 Å². The second kappa shape index (κ2) is 7.03. The summed E-state index contributed by atoms with van der Waals surface area (Å²) in [5.74, 6) is -2.44. The van der Waals surface area contributed by atoms with Gasteiger partial charge in [0.25, 0.3) is 5.71 Å². The van der Waals surface area contributed by atoms with Crippen molar-refractivity contribution in [2.24, 2.45) is 5.10 Å². The number of hydrazone groups is 1. The topological polar surface area (TPSA) is 85.3 Å². The van der Waals surface area contributed by atoms with Gasteiger partial charge in [-0.15, -0.1) is 5.10 Å². The number of amides is 1. The summed E-state index contributed by atoms with van der Waals surface area (Å²) in [5, 5.41) is 4.66. The number of hydrogen-bond acceptors (Lipinski definition) is 6. The van der Waals surface area contributed by atoms with Crippen molar-refractivity contribution >= 4 is 29.2 Å². The average Bonchev–Trinajstić information content (AvgIpc) is 2.47. The maximum Gasteiger partial charge on any atom is 0.366 e. The number of carbonyl (C=O) groups is 3. The van der Waals surface area contributed by atoms with Crippen molar-refractivity contribution in [1.82, 2.24) is 0 Å². The van der Waals surface area contributed by atoms with Crippen LogP contribution in [0.1, 0.15) is 6.92 Å². The first kappa shape index (κ1) is 15.4. The van der Waals surface area contributed by atoms with Crippen molar-refractivity contribution in [3.63, 3.8) is 0 Å². The molecule has 0 fully saturated rings. The Bertz CT molecular complexity index is 521. The quantitative estimate of drug-likeness (QED) is 0.351. The molecule has 1 aromatic rings. The Morgan fingerprint density at radius 3 is 1.90 bits per heavy atom. The lowest BCUT2D eigenvalue weighted by Gasteiger charge is -2.15. The second-order valence-corrected chi connectivity index (χ2v) is 3.60. The Morgan fingerprint density at radius 2 is 1.50 bits per heavy atom. The molecule has 0 aliphatic heterocycles. The smallest absolute Gasteiger partial charge is 0.366 e. The zero-order valence-corrected chi connectivity index (χ0v) is 11.3. The molecule has 0 unspecified atom stereocenters. The van der Waals surface area contributed by atoms with E-state index >= 15 is 0 Å². The van der Waals surface area contributed by atoms with Crippen LogP contribution in [0.4, 0.5) is 5.69 Å². The van der Waals surface area contributed by atoms with Crippen LogP contribution in [0.25, 0.3) is 0 Å². The van der Waals surface area contributed by atoms with Crippen LogP contribution in [0.15, 0.2) is 35.4 Å². The summed E-state index contributed by atoms with van der Waals surface area (Å²) in [5.41, 5.74) is -0.209. The van der Waals surface area contributed by atoms with E-state index in [4.69, 9.17) is 0 Å². The molecule has 0 atom stereocenters. The largest absolute Gasteiger partial charge is 0.464 e. The predicted octanol–water partition coefficient (Wildman–Crippen LogP) is 0.742. The molecule has 0 bridgehead atoms. The van der Waals surface area contributed by atoms with E-state index in [-0.39, 0.29) is 0 Å². The van der Waals surface area contributed by atoms with Gasteiger partial charge in [0, 0.05) is 6.92 Å². The molecule has 1 aromatic carbocycles. The fourth-order valence-corrected chi connectivity index (χ4v) is 1.34. The highest BCUT2D eigenvalue weighted by Crippen LogP contribution is 2.14. The molecule has 1 amide bonds. The summed E-state index contributed by atoms with van der Waals surface area (Å²) in [6, 6.07) is 8.36. The number of nitrogens with zero attached hydrogens (tertiary/aromatic N) is 2. The highest BCUT2D eigenvalue weighted by Gasteiger charge is 2.25. The van der Waals surface area contributed by atoms with Crippen molar-refractivity contribution < 1.29 is 23.9 Å². The van der Waals surface area contributed by atoms with Crippen molar-refractivity contribution in [1.29, 1.82) is 0 Å². The molecule has 0 aromatic heterocycles. The van der Waals surface area contributed by atoms with Gasteiger partial charge in [0.15, 0.2) is 0 Å². The van der Waals surface area contributed by atoms with Crippen LogP contribution in [0, 0.1) is 0 Å². The monoisotopic (exact) mass is 278 g/mol. The van der Waals surface area contributed by atoms with Gasteiger partial charge in [-0.3, -0.25) is 4.79 Å². The Balaban J connectivity index is 3.26. The highest BCUT2D eigenvalue weighted by atomic mass is 16.5. The Labute approximate surface area is 115 Å². The average molecular weight is 278 g/mol. The maximum atomic E-state index is 11.6. The first-order chi connectivity index (χ1) is 9.51. The number of para-hydroxylation sites is 1. The van der Waals surface area contributed by atoms with Gasteiger partial charge in [-0.05, 0) is 12.1 Å². The molecule has 7 heteroatoms. The minimum Gasteiger partial charge on any atom is -0.464 e. The van der Waals surface area contributed by atoms with Gasteiger partial charge in [0.2, 0.25) is 5.91 Å². The van der Waals surface area contributed by atoms with Crippen molar-refractivity contribution in [3.05, 3.63) is 30.3 Å². The van der Waals surface area contributed by atoms with Crippen LogP contribution in [-0.4, -0.2) is 37.8 Å². The molecule has 1 rings (SSSR count). The summed E-state index contributed by atoms with van der Waals surface area (Å²) in [7, 11) is 2.20. The van der Waals surface area contributed by atoms with Gasteiger partial charge >= 0.3 is 11.9 Å². The van der Waals surface area contributed by atoms with E-state index in [1.54, 1.807) is 30.3 Å². The molecule has 7 nitrogen and oxygen atoms in total. The fourth-order valence-electron chi connectivity index (χ4n) is 1.34. The SMILES string of the molecule is COC(=O)C(=NN(C(C)=O)c1ccccc1)C(=O)OC. The van der Waals surface area contributed by atoms with Gasteiger partial charge in [-0.1, -0.05) is 18.2 Å². The number of methoxy groups -OCH3 is 2. The first-order valence-electron chi connectivity index (χ1n) is 5.62. The van der Waals surface area contributed by atoms with Crippen molar-refractivity contribution in [2.45, 2.75) is 6.92 Å². The summed E-state index contributed by atoms with van der Waals surface area (Å²) in [4.78, 5) is 34.6. The summed E-state index contributed by atoms with van der Waals surface area (Å²) in [6.07, 6.45) is 0. The molecule has 0 aliphatic rings. The molecular weight excluding hydrogens is 264 g/mol. The molecule has 0 aliphatic carbocycles. The number of rotatable bonds is 4. The number of carbonyl (C=O) groups excluding carboxylic acids is 3. The van der Waals surface area contributed by atoms with Crippen molar-refractivity contribution in [3.8, 4) is 0 Å². The van der Waals surface area contributed by atoms with E-state index in [1.165, 1.54) is 6.92 Å². The zero-order valence-electron chi connectivity index (χ0n) is 11.3. The summed E-state index contributed by atoms with van der Waals surface area (Å²) in [6.45, 7) is 1.25. The van der Waals surface area contributed by atoms with Crippen LogP contribution in [0.2, 0.25) is 0 Å². The van der Waals surface area contributed by atoms with Crippen LogP contribution < -0.4 is 5.01 Å². The molecule has 20 heavy (non-hydrogen) atoms. The molecule has 0 saturated heterocycles. The number of ether oxygens (including phenoxy) is 2. The number of anilines is 1. The molecule has 0 spiro atoms. The lowest BCUT2D eigenvalue weighted by atomic mass is 10.3. The second-order valence-electron chi connectivity index (χ2n) is 3.60. The fraction of sp³-hybridized carbons (Fsp3) is 0.231. The van der Waals surface area contributed by atoms with Crippen LogP contribution >= 0.6 is 0 Å². The molecule has 0 saturated carbocycles. The van der Waals surface area contributed by atoms with E-state index in [2.05, 4.69) is 14.6 Å². The third kappa shape index (κ3) is 3.64. The maximum absolute atomic E-state index is 11.6. The predicted molar refractivity (Wildman–Crippen MR) is 71.1 cm³/mol. The third-order valence-electron chi connectivity index (χ3n) is 2.26. The molecular formula is C13H14N2O5. The summed E-state index contributed by atoms with van der Waals surface area (Å²) < 4.78 is 8.89. The minimum atomic E-state index is -0.987. The van der Waals surface area contributed by atoms with Crippen LogP contribution in [-0.2, 0) is 23.9 Å². The number of esters is 2. The lowest BCUT2D eigenvalue weighted by molar-refractivity contribution is -0.138. The molecule has 106 valence electrons. The highest BCUT2D eigenvalue weighted by molar-refractivity contribution is 6.62. The lowest BCUT2D eigenvalue weighted by Crippen LogP contribution is -2.32. The van der Waals surface area contributed by atoms with Gasteiger partial charge in [-0.25, -0.2) is 9.59 Å². The Kier molecular flexibility index (Phi) is 5.40. The Hall–Kier alpha value is -2.70. The van der Waals surface area contributed by atoms with Crippen molar-refractivity contribution in [2.75, 3.05) is 19.2 Å². The molecule has 0 radical (unpaired) electrons. The van der Waals surface area contributed by atoms with E-state index in [9.17, 15) is 14.4 Å². The van der Waals surface area contributed by atoms with Crippen LogP contribution in [0.3, 0.4) is 0 Å². The van der Waals surface area contributed by atoms with E-state index in [1.807, 2.05) is 0 Å².